The predicted octanol–water partition coefficient (Wildman–Crippen LogP) is 2.12. The van der Waals surface area contributed by atoms with Crippen molar-refractivity contribution in [2.24, 2.45) is 0 Å². The number of rotatable bonds is 4. The molecule has 0 spiro atoms. The van der Waals surface area contributed by atoms with Crippen molar-refractivity contribution >= 4 is 10.0 Å². The summed E-state index contributed by atoms with van der Waals surface area (Å²) < 4.78 is 51.6. The highest BCUT2D eigenvalue weighted by molar-refractivity contribution is 7.89. The van der Waals surface area contributed by atoms with Gasteiger partial charge in [0.15, 0.2) is 0 Å². The Bertz CT molecular complexity index is 823. The van der Waals surface area contributed by atoms with Gasteiger partial charge in [-0.15, -0.1) is 0 Å². The van der Waals surface area contributed by atoms with Crippen LogP contribution >= 0.6 is 0 Å². The molecule has 0 aliphatic carbocycles. The molecule has 1 aliphatic rings. The average molecular weight is 337 g/mol. The number of sulfonamides is 1. The Hall–Kier alpha value is -2.12. The molecule has 0 amide bonds. The van der Waals surface area contributed by atoms with Crippen LogP contribution in [-0.4, -0.2) is 28.2 Å². The number of methoxy groups -OCH3 is 1. The summed E-state index contributed by atoms with van der Waals surface area (Å²) >= 11 is 0. The van der Waals surface area contributed by atoms with Gasteiger partial charge in [0.05, 0.1) is 13.2 Å². The van der Waals surface area contributed by atoms with E-state index in [-0.39, 0.29) is 11.5 Å². The van der Waals surface area contributed by atoms with E-state index in [0.717, 1.165) is 11.6 Å². The topological polar surface area (TPSA) is 64.6 Å². The van der Waals surface area contributed by atoms with Crippen molar-refractivity contribution < 1.29 is 22.3 Å². The third-order valence-corrected chi connectivity index (χ3v) is 5.18. The number of nitrogens with one attached hydrogen (secondary N) is 1. The number of fused-ring (bicyclic) bond motifs is 1. The minimum Gasteiger partial charge on any atom is -0.497 e. The summed E-state index contributed by atoms with van der Waals surface area (Å²) in [4.78, 5) is -0.364. The standard InChI is InChI=1S/C16H16FNO4S/c1-21-13-6-7-15-11(9-13)8-12(10-22-15)18-23(19,20)16-5-3-2-4-14(16)17/h2-7,9,12,18H,8,10H2,1H3/t12-/m0/s1. The molecule has 23 heavy (non-hydrogen) atoms. The van der Waals surface area contributed by atoms with Gasteiger partial charge in [-0.2, -0.15) is 0 Å². The van der Waals surface area contributed by atoms with Gasteiger partial charge in [0.2, 0.25) is 10.0 Å². The predicted molar refractivity (Wildman–Crippen MR) is 82.7 cm³/mol. The Labute approximate surface area is 134 Å². The second-order valence-corrected chi connectivity index (χ2v) is 6.92. The van der Waals surface area contributed by atoms with Gasteiger partial charge in [0.1, 0.15) is 28.8 Å². The lowest BCUT2D eigenvalue weighted by molar-refractivity contribution is 0.253. The summed E-state index contributed by atoms with van der Waals surface area (Å²) in [5, 5.41) is 0. The van der Waals surface area contributed by atoms with Gasteiger partial charge in [-0.05, 0) is 42.3 Å². The van der Waals surface area contributed by atoms with E-state index in [9.17, 15) is 12.8 Å². The molecule has 0 saturated heterocycles. The van der Waals surface area contributed by atoms with E-state index < -0.39 is 21.9 Å². The summed E-state index contributed by atoms with van der Waals surface area (Å²) in [7, 11) is -2.39. The zero-order valence-corrected chi connectivity index (χ0v) is 13.3. The first-order valence-electron chi connectivity index (χ1n) is 7.06. The smallest absolute Gasteiger partial charge is 0.243 e. The molecule has 1 heterocycles. The Balaban J connectivity index is 1.80. The van der Waals surface area contributed by atoms with Crippen LogP contribution in [0.25, 0.3) is 0 Å². The Morgan fingerprint density at radius 2 is 2.04 bits per heavy atom. The molecule has 0 aromatic heterocycles. The average Bonchev–Trinajstić information content (AvgIpc) is 2.54. The van der Waals surface area contributed by atoms with Gasteiger partial charge in [0.25, 0.3) is 0 Å². The number of benzene rings is 2. The first-order valence-corrected chi connectivity index (χ1v) is 8.54. The molecule has 0 radical (unpaired) electrons. The largest absolute Gasteiger partial charge is 0.497 e. The van der Waals surface area contributed by atoms with Crippen molar-refractivity contribution in [1.82, 2.24) is 4.72 Å². The molecule has 122 valence electrons. The Kier molecular flexibility index (Phi) is 4.23. The first-order chi connectivity index (χ1) is 11.0. The highest BCUT2D eigenvalue weighted by Gasteiger charge is 2.27. The molecule has 0 bridgehead atoms. The van der Waals surface area contributed by atoms with Crippen molar-refractivity contribution in [3.63, 3.8) is 0 Å². The molecule has 3 rings (SSSR count). The van der Waals surface area contributed by atoms with Gasteiger partial charge in [0, 0.05) is 0 Å². The van der Waals surface area contributed by atoms with Crippen LogP contribution in [0, 0.1) is 5.82 Å². The minimum absolute atomic E-state index is 0.188. The van der Waals surface area contributed by atoms with Crippen LogP contribution in [0.5, 0.6) is 11.5 Å². The zero-order valence-electron chi connectivity index (χ0n) is 12.5. The van der Waals surface area contributed by atoms with E-state index >= 15 is 0 Å². The monoisotopic (exact) mass is 337 g/mol. The number of hydrogen-bond acceptors (Lipinski definition) is 4. The molecule has 1 atom stereocenters. The number of hydrogen-bond donors (Lipinski definition) is 1. The van der Waals surface area contributed by atoms with Crippen LogP contribution in [0.1, 0.15) is 5.56 Å². The van der Waals surface area contributed by atoms with Crippen molar-refractivity contribution in [3.8, 4) is 11.5 Å². The van der Waals surface area contributed by atoms with Crippen molar-refractivity contribution in [2.45, 2.75) is 17.4 Å². The molecule has 2 aromatic carbocycles. The third-order valence-electron chi connectivity index (χ3n) is 3.62. The molecular formula is C16H16FNO4S. The number of halogens is 1. The van der Waals surface area contributed by atoms with E-state index in [4.69, 9.17) is 9.47 Å². The fraction of sp³-hybridized carbons (Fsp3) is 0.250. The maximum Gasteiger partial charge on any atom is 0.243 e. The fourth-order valence-corrected chi connectivity index (χ4v) is 3.82. The lowest BCUT2D eigenvalue weighted by Crippen LogP contribution is -2.42. The van der Waals surface area contributed by atoms with Crippen LogP contribution < -0.4 is 14.2 Å². The maximum atomic E-state index is 13.7. The SMILES string of the molecule is COc1ccc2c(c1)C[C@H](NS(=O)(=O)c1ccccc1F)CO2. The second kappa shape index (κ2) is 6.17. The third kappa shape index (κ3) is 3.30. The molecular weight excluding hydrogens is 321 g/mol. The van der Waals surface area contributed by atoms with Gasteiger partial charge in [-0.3, -0.25) is 0 Å². The Morgan fingerprint density at radius 3 is 2.78 bits per heavy atom. The van der Waals surface area contributed by atoms with Crippen molar-refractivity contribution in [2.75, 3.05) is 13.7 Å². The van der Waals surface area contributed by atoms with Crippen LogP contribution in [0.2, 0.25) is 0 Å². The van der Waals surface area contributed by atoms with E-state index in [1.54, 1.807) is 25.3 Å². The lowest BCUT2D eigenvalue weighted by Gasteiger charge is -2.26. The summed E-state index contributed by atoms with van der Waals surface area (Å²) in [5.41, 5.74) is 0.844. The maximum absolute atomic E-state index is 13.7. The molecule has 0 saturated carbocycles. The van der Waals surface area contributed by atoms with Crippen LogP contribution in [-0.2, 0) is 16.4 Å². The van der Waals surface area contributed by atoms with Gasteiger partial charge in [-0.1, -0.05) is 12.1 Å². The lowest BCUT2D eigenvalue weighted by atomic mass is 10.0. The Morgan fingerprint density at radius 1 is 1.26 bits per heavy atom. The van der Waals surface area contributed by atoms with Crippen LogP contribution in [0.15, 0.2) is 47.4 Å². The first kappa shape index (κ1) is 15.8. The van der Waals surface area contributed by atoms with E-state index in [0.29, 0.717) is 17.9 Å². The van der Waals surface area contributed by atoms with Crippen LogP contribution in [0.4, 0.5) is 4.39 Å². The quantitative estimate of drug-likeness (QED) is 0.928. The second-order valence-electron chi connectivity index (χ2n) is 5.24. The summed E-state index contributed by atoms with van der Waals surface area (Å²) in [5.74, 6) is 0.593. The van der Waals surface area contributed by atoms with E-state index in [1.807, 2.05) is 0 Å². The molecule has 1 aliphatic heterocycles. The van der Waals surface area contributed by atoms with E-state index in [1.165, 1.54) is 18.2 Å². The van der Waals surface area contributed by atoms with Crippen molar-refractivity contribution in [3.05, 3.63) is 53.8 Å². The molecule has 0 unspecified atom stereocenters. The summed E-state index contributed by atoms with van der Waals surface area (Å²) in [6.45, 7) is 0.188. The zero-order chi connectivity index (χ0) is 16.4. The normalized spacial score (nSPS) is 17.2. The van der Waals surface area contributed by atoms with Gasteiger partial charge < -0.3 is 9.47 Å². The van der Waals surface area contributed by atoms with Crippen molar-refractivity contribution in [1.29, 1.82) is 0 Å². The molecule has 0 fully saturated rings. The van der Waals surface area contributed by atoms with Crippen LogP contribution in [0.3, 0.4) is 0 Å². The van der Waals surface area contributed by atoms with Gasteiger partial charge in [-0.25, -0.2) is 17.5 Å². The summed E-state index contributed by atoms with van der Waals surface area (Å²) in [6.07, 6.45) is 0.445. The molecule has 1 N–H and O–H groups in total. The molecule has 7 heteroatoms. The highest BCUT2D eigenvalue weighted by atomic mass is 32.2. The van der Waals surface area contributed by atoms with E-state index in [2.05, 4.69) is 4.72 Å². The van der Waals surface area contributed by atoms with Gasteiger partial charge >= 0.3 is 0 Å². The molecule has 2 aromatic rings. The minimum atomic E-state index is -3.95. The summed E-state index contributed by atoms with van der Waals surface area (Å²) in [6, 6.07) is 10.2. The highest BCUT2D eigenvalue weighted by Crippen LogP contribution is 2.29. The fourth-order valence-electron chi connectivity index (χ4n) is 2.52. The molecule has 5 nitrogen and oxygen atoms in total. The number of ether oxygens (including phenoxy) is 2.